The van der Waals surface area contributed by atoms with Gasteiger partial charge in [0.2, 0.25) is 0 Å². The number of allylic oxidation sites excluding steroid dienone is 4. The van der Waals surface area contributed by atoms with E-state index < -0.39 is 5.92 Å². The summed E-state index contributed by atoms with van der Waals surface area (Å²) in [6.45, 7) is 7.51. The predicted molar refractivity (Wildman–Crippen MR) is 149 cm³/mol. The molecule has 2 aliphatic rings. The van der Waals surface area contributed by atoms with Gasteiger partial charge >= 0.3 is 0 Å². The molecule has 0 saturated carbocycles. The lowest BCUT2D eigenvalue weighted by atomic mass is 9.71. The summed E-state index contributed by atoms with van der Waals surface area (Å²) in [7, 11) is 0. The molecule has 204 valence electrons. The van der Waals surface area contributed by atoms with Gasteiger partial charge in [-0.25, -0.2) is 0 Å². The lowest BCUT2D eigenvalue weighted by Crippen LogP contribution is -2.30. The number of fused-ring (bicyclic) bond motifs is 1. The van der Waals surface area contributed by atoms with Crippen molar-refractivity contribution in [3.05, 3.63) is 58.7 Å². The highest BCUT2D eigenvalue weighted by Crippen LogP contribution is 2.37. The number of Topliss-reactive ketones (excluding diaryl/α,β-unsaturated/α-hetero) is 3. The highest BCUT2D eigenvalue weighted by molar-refractivity contribution is 6.11. The summed E-state index contributed by atoms with van der Waals surface area (Å²) >= 11 is 0. The Bertz CT molecular complexity index is 1110. The van der Waals surface area contributed by atoms with E-state index in [1.165, 1.54) is 19.1 Å². The van der Waals surface area contributed by atoms with Crippen molar-refractivity contribution < 1.29 is 24.0 Å². The lowest BCUT2D eigenvalue weighted by molar-refractivity contribution is -0.130. The highest BCUT2D eigenvalue weighted by atomic mass is 16.2. The molecule has 0 amide bonds. The number of carbonyl (C=O) groups excluding carboxylic acids is 5. The van der Waals surface area contributed by atoms with Gasteiger partial charge in [0.15, 0.2) is 17.3 Å². The first-order valence-electron chi connectivity index (χ1n) is 14.2. The van der Waals surface area contributed by atoms with Crippen LogP contribution in [0, 0.1) is 30.6 Å². The van der Waals surface area contributed by atoms with E-state index in [4.69, 9.17) is 0 Å². The van der Waals surface area contributed by atoms with Crippen LogP contribution in [0.1, 0.15) is 99.2 Å². The molecule has 3 unspecified atom stereocenters. The first-order valence-corrected chi connectivity index (χ1v) is 14.2. The molecule has 0 heterocycles. The maximum atomic E-state index is 13.4. The van der Waals surface area contributed by atoms with E-state index in [-0.39, 0.29) is 59.5 Å². The van der Waals surface area contributed by atoms with Gasteiger partial charge in [0.1, 0.15) is 11.6 Å². The van der Waals surface area contributed by atoms with Gasteiger partial charge in [-0.05, 0) is 93.1 Å². The normalized spacial score (nSPS) is 21.6. The van der Waals surface area contributed by atoms with E-state index in [0.717, 1.165) is 60.8 Å². The second-order valence-corrected chi connectivity index (χ2v) is 11.2. The van der Waals surface area contributed by atoms with Crippen LogP contribution in [-0.4, -0.2) is 28.9 Å². The predicted octanol–water partition coefficient (Wildman–Crippen LogP) is 6.32. The molecule has 0 saturated heterocycles. The van der Waals surface area contributed by atoms with Gasteiger partial charge in [0, 0.05) is 17.9 Å². The van der Waals surface area contributed by atoms with Crippen LogP contribution in [0.3, 0.4) is 0 Å². The minimum atomic E-state index is -0.767. The molecule has 0 fully saturated rings. The number of ketones is 5. The fraction of sp³-hybridized carbons (Fsp3) is 0.545. The number of hydrogen-bond donors (Lipinski definition) is 0. The van der Waals surface area contributed by atoms with Crippen LogP contribution in [0.5, 0.6) is 0 Å². The molecule has 1 aromatic carbocycles. The highest BCUT2D eigenvalue weighted by Gasteiger charge is 2.34. The Balaban J connectivity index is 1.80. The SMILES string of the molecule is CCCC(CC1CC(=O)c2c(ccc(CC3C(=O)/C=C/CC/C=C/C3=O)c2C)C1)C(CC)C(=O)CC(C)=O. The van der Waals surface area contributed by atoms with E-state index in [2.05, 4.69) is 6.92 Å². The monoisotopic (exact) mass is 518 g/mol. The largest absolute Gasteiger partial charge is 0.300 e. The van der Waals surface area contributed by atoms with Crippen molar-refractivity contribution in [1.29, 1.82) is 0 Å². The Morgan fingerprint density at radius 1 is 0.974 bits per heavy atom. The number of benzene rings is 1. The zero-order valence-corrected chi connectivity index (χ0v) is 23.4. The standard InChI is InChI=1S/C33H42O5/c1-5-11-25(27(6-2)31(37)16-21(3)34)17-23-18-26-15-14-24(22(4)33(26)32(38)19-23)20-28-29(35)12-9-7-8-10-13-30(28)36/h9-10,12-15,23,25,27-28H,5-8,11,16-20H2,1-4H3/b12-9+,13-10+. The van der Waals surface area contributed by atoms with Gasteiger partial charge in [0.05, 0.1) is 12.3 Å². The molecule has 0 spiro atoms. The molecule has 38 heavy (non-hydrogen) atoms. The van der Waals surface area contributed by atoms with Gasteiger partial charge in [-0.15, -0.1) is 0 Å². The number of rotatable bonds is 11. The molecular formula is C33H42O5. The Morgan fingerprint density at radius 2 is 1.63 bits per heavy atom. The first kappa shape index (κ1) is 29.6. The zero-order chi connectivity index (χ0) is 27.8. The second kappa shape index (κ2) is 13.7. The Hall–Kier alpha value is -2.95. The third-order valence-corrected chi connectivity index (χ3v) is 8.24. The van der Waals surface area contributed by atoms with E-state index in [1.54, 1.807) is 0 Å². The minimum Gasteiger partial charge on any atom is -0.300 e. The Labute approximate surface area is 227 Å². The Morgan fingerprint density at radius 3 is 2.21 bits per heavy atom. The van der Waals surface area contributed by atoms with Crippen molar-refractivity contribution >= 4 is 28.9 Å². The van der Waals surface area contributed by atoms with Crippen molar-refractivity contribution in [3.8, 4) is 0 Å². The summed E-state index contributed by atoms with van der Waals surface area (Å²) in [5.41, 5.74) is 3.48. The molecule has 0 N–H and O–H groups in total. The molecular weight excluding hydrogens is 476 g/mol. The summed E-state index contributed by atoms with van der Waals surface area (Å²) in [6.07, 6.45) is 13.0. The molecule has 2 aliphatic carbocycles. The maximum absolute atomic E-state index is 13.4. The molecule has 3 atom stereocenters. The molecule has 0 aliphatic heterocycles. The quantitative estimate of drug-likeness (QED) is 0.320. The average molecular weight is 519 g/mol. The van der Waals surface area contributed by atoms with Crippen molar-refractivity contribution in [2.45, 2.75) is 91.9 Å². The van der Waals surface area contributed by atoms with Gasteiger partial charge < -0.3 is 0 Å². The fourth-order valence-corrected chi connectivity index (χ4v) is 6.37. The average Bonchev–Trinajstić information content (AvgIpc) is 2.92. The van der Waals surface area contributed by atoms with Crippen LogP contribution in [0.15, 0.2) is 36.4 Å². The van der Waals surface area contributed by atoms with Gasteiger partial charge in [-0.1, -0.05) is 51.0 Å². The molecule has 5 heteroatoms. The molecule has 0 bridgehead atoms. The molecule has 3 rings (SSSR count). The van der Waals surface area contributed by atoms with E-state index in [0.29, 0.717) is 12.8 Å². The number of carbonyl (C=O) groups is 5. The third-order valence-electron chi connectivity index (χ3n) is 8.24. The van der Waals surface area contributed by atoms with E-state index in [1.807, 2.05) is 38.1 Å². The van der Waals surface area contributed by atoms with Crippen LogP contribution >= 0.6 is 0 Å². The first-order chi connectivity index (χ1) is 18.2. The van der Waals surface area contributed by atoms with Gasteiger partial charge in [-0.3, -0.25) is 24.0 Å². The zero-order valence-electron chi connectivity index (χ0n) is 23.4. The van der Waals surface area contributed by atoms with Crippen LogP contribution in [0.25, 0.3) is 0 Å². The van der Waals surface area contributed by atoms with E-state index >= 15 is 0 Å². The molecule has 0 radical (unpaired) electrons. The maximum Gasteiger partial charge on any atom is 0.166 e. The van der Waals surface area contributed by atoms with Gasteiger partial charge in [0.25, 0.3) is 0 Å². The van der Waals surface area contributed by atoms with Crippen LogP contribution in [-0.2, 0) is 32.0 Å². The Kier molecular flexibility index (Phi) is 10.7. The summed E-state index contributed by atoms with van der Waals surface area (Å²) in [5.74, 6) is -0.929. The molecule has 1 aromatic rings. The molecule has 0 aromatic heterocycles. The third kappa shape index (κ3) is 7.33. The van der Waals surface area contributed by atoms with Crippen molar-refractivity contribution in [2.24, 2.45) is 23.7 Å². The summed E-state index contributed by atoms with van der Waals surface area (Å²) in [6, 6.07) is 3.96. The topological polar surface area (TPSA) is 85.3 Å². The van der Waals surface area contributed by atoms with Gasteiger partial charge in [-0.2, -0.15) is 0 Å². The van der Waals surface area contributed by atoms with Crippen molar-refractivity contribution in [2.75, 3.05) is 0 Å². The lowest BCUT2D eigenvalue weighted by Gasteiger charge is -2.32. The van der Waals surface area contributed by atoms with Crippen molar-refractivity contribution in [1.82, 2.24) is 0 Å². The number of hydrogen-bond acceptors (Lipinski definition) is 5. The molecule has 5 nitrogen and oxygen atoms in total. The smallest absolute Gasteiger partial charge is 0.166 e. The summed E-state index contributed by atoms with van der Waals surface area (Å²) in [4.78, 5) is 63.3. The second-order valence-electron chi connectivity index (χ2n) is 11.2. The van der Waals surface area contributed by atoms with Crippen LogP contribution in [0.4, 0.5) is 0 Å². The summed E-state index contributed by atoms with van der Waals surface area (Å²) < 4.78 is 0. The minimum absolute atomic E-state index is 0.00922. The van der Waals surface area contributed by atoms with Crippen LogP contribution < -0.4 is 0 Å². The van der Waals surface area contributed by atoms with E-state index in [9.17, 15) is 24.0 Å². The summed E-state index contributed by atoms with van der Waals surface area (Å²) in [5, 5.41) is 0. The fourth-order valence-electron chi connectivity index (χ4n) is 6.37. The van der Waals surface area contributed by atoms with Crippen molar-refractivity contribution in [3.63, 3.8) is 0 Å². The van der Waals surface area contributed by atoms with Crippen LogP contribution in [0.2, 0.25) is 0 Å².